The van der Waals surface area contributed by atoms with Gasteiger partial charge >= 0.3 is 0 Å². The summed E-state index contributed by atoms with van der Waals surface area (Å²) in [6.07, 6.45) is 1.95. The third kappa shape index (κ3) is 2.59. The number of amides is 1. The molecule has 91 valence electrons. The molecule has 0 spiro atoms. The number of aryl methyl sites for hydroxylation is 1. The van der Waals surface area contributed by atoms with E-state index in [1.807, 2.05) is 30.3 Å². The molecule has 0 saturated heterocycles. The fourth-order valence-electron chi connectivity index (χ4n) is 2.11. The van der Waals surface area contributed by atoms with Crippen LogP contribution in [0.3, 0.4) is 0 Å². The first-order valence-electron chi connectivity index (χ1n) is 6.16. The monoisotopic (exact) mass is 238 g/mol. The first kappa shape index (κ1) is 12.4. The summed E-state index contributed by atoms with van der Waals surface area (Å²) >= 11 is 0. The van der Waals surface area contributed by atoms with E-state index in [1.165, 1.54) is 0 Å². The van der Waals surface area contributed by atoms with Crippen molar-refractivity contribution >= 4 is 5.91 Å². The topological polar surface area (TPSA) is 40.9 Å². The highest BCUT2D eigenvalue weighted by atomic mass is 16.1. The van der Waals surface area contributed by atoms with E-state index in [4.69, 9.17) is 5.73 Å². The van der Waals surface area contributed by atoms with E-state index in [0.717, 1.165) is 29.5 Å². The molecule has 0 unspecified atom stereocenters. The number of hydrogen-bond acceptors (Lipinski definition) is 1. The lowest BCUT2D eigenvalue weighted by Crippen LogP contribution is -2.01. The van der Waals surface area contributed by atoms with Crippen molar-refractivity contribution in [2.45, 2.75) is 19.8 Å². The molecular weight excluding hydrogens is 222 g/mol. The molecule has 0 fully saturated rings. The summed E-state index contributed by atoms with van der Waals surface area (Å²) in [6.45, 7) is 2.12. The van der Waals surface area contributed by atoms with E-state index < -0.39 is 5.91 Å². The highest BCUT2D eigenvalue weighted by Gasteiger charge is 2.08. The summed E-state index contributed by atoms with van der Waals surface area (Å²) in [6, 6.07) is 15.7. The Labute approximate surface area is 107 Å². The molecule has 1 amide bonds. The van der Waals surface area contributed by atoms with Gasteiger partial charge in [0.1, 0.15) is 0 Å². The molecule has 1 radical (unpaired) electrons. The van der Waals surface area contributed by atoms with Gasteiger partial charge in [-0.1, -0.05) is 49.7 Å². The fraction of sp³-hybridized carbons (Fsp3) is 0.188. The molecule has 18 heavy (non-hydrogen) atoms. The Hall–Kier alpha value is -2.09. The third-order valence-corrected chi connectivity index (χ3v) is 2.97. The summed E-state index contributed by atoms with van der Waals surface area (Å²) in [5.74, 6) is -0.619. The molecule has 2 aromatic rings. The van der Waals surface area contributed by atoms with E-state index in [0.29, 0.717) is 5.56 Å². The number of hydrogen-bond donors (Lipinski definition) is 0. The van der Waals surface area contributed by atoms with Crippen molar-refractivity contribution in [1.29, 1.82) is 0 Å². The molecule has 0 bridgehead atoms. The van der Waals surface area contributed by atoms with Crippen LogP contribution in [0.5, 0.6) is 0 Å². The third-order valence-electron chi connectivity index (χ3n) is 2.97. The minimum atomic E-state index is -0.619. The first-order chi connectivity index (χ1) is 8.72. The van der Waals surface area contributed by atoms with Crippen LogP contribution in [0, 0.1) is 0 Å². The van der Waals surface area contributed by atoms with E-state index >= 15 is 0 Å². The molecule has 0 aliphatic carbocycles. The zero-order valence-electron chi connectivity index (χ0n) is 10.4. The molecule has 0 aliphatic rings. The summed E-state index contributed by atoms with van der Waals surface area (Å²) in [5.41, 5.74) is 11.1. The van der Waals surface area contributed by atoms with Crippen LogP contribution in [-0.2, 0) is 6.42 Å². The minimum absolute atomic E-state index is 0.470. The summed E-state index contributed by atoms with van der Waals surface area (Å²) in [7, 11) is 0. The quantitative estimate of drug-likeness (QED) is 0.800. The maximum Gasteiger partial charge on any atom is 0.269 e. The Morgan fingerprint density at radius 1 is 1.11 bits per heavy atom. The zero-order valence-corrected chi connectivity index (χ0v) is 10.4. The van der Waals surface area contributed by atoms with Gasteiger partial charge in [-0.15, -0.1) is 0 Å². The van der Waals surface area contributed by atoms with E-state index in [2.05, 4.69) is 19.1 Å². The van der Waals surface area contributed by atoms with Gasteiger partial charge in [-0.3, -0.25) is 10.5 Å². The standard InChI is InChI=1S/C16H16NO/c1-2-6-13-11-14(16(17)18)9-10-15(13)12-7-4-3-5-8-12/h3-5,7-11,17H,2,6H2,1H3. The zero-order chi connectivity index (χ0) is 13.0. The number of carbonyl (C=O) groups is 1. The lowest BCUT2D eigenvalue weighted by atomic mass is 9.95. The SMILES string of the molecule is CCCc1cc(C([NH])=O)ccc1-c1ccccc1. The van der Waals surface area contributed by atoms with Gasteiger partial charge in [-0.25, -0.2) is 0 Å². The molecular formula is C16H16NO. The lowest BCUT2D eigenvalue weighted by Gasteiger charge is -2.10. The average Bonchev–Trinajstić information content (AvgIpc) is 2.40. The molecule has 2 rings (SSSR count). The lowest BCUT2D eigenvalue weighted by molar-refractivity contribution is 0.0992. The number of nitrogens with one attached hydrogen (secondary N) is 1. The van der Waals surface area contributed by atoms with Crippen molar-refractivity contribution in [3.63, 3.8) is 0 Å². The Bertz CT molecular complexity index is 546. The molecule has 1 N–H and O–H groups in total. The molecule has 0 atom stereocenters. The maximum atomic E-state index is 11.1. The van der Waals surface area contributed by atoms with Gasteiger partial charge in [0, 0.05) is 5.56 Å². The predicted octanol–water partition coefficient (Wildman–Crippen LogP) is 3.73. The van der Waals surface area contributed by atoms with Crippen molar-refractivity contribution in [1.82, 2.24) is 5.73 Å². The van der Waals surface area contributed by atoms with Gasteiger partial charge < -0.3 is 0 Å². The van der Waals surface area contributed by atoms with E-state index in [9.17, 15) is 4.79 Å². The van der Waals surface area contributed by atoms with E-state index in [1.54, 1.807) is 6.07 Å². The second-order valence-electron chi connectivity index (χ2n) is 4.32. The summed E-state index contributed by atoms with van der Waals surface area (Å²) in [4.78, 5) is 11.1. The summed E-state index contributed by atoms with van der Waals surface area (Å²) < 4.78 is 0. The molecule has 0 aromatic heterocycles. The molecule has 2 nitrogen and oxygen atoms in total. The normalized spacial score (nSPS) is 10.3. The highest BCUT2D eigenvalue weighted by molar-refractivity contribution is 5.93. The summed E-state index contributed by atoms with van der Waals surface area (Å²) in [5, 5.41) is 0. The largest absolute Gasteiger partial charge is 0.269 e. The molecule has 2 heteroatoms. The molecule has 2 aromatic carbocycles. The molecule has 0 aliphatic heterocycles. The number of carbonyl (C=O) groups excluding carboxylic acids is 1. The van der Waals surface area contributed by atoms with Crippen LogP contribution in [0.1, 0.15) is 29.3 Å². The Balaban J connectivity index is 2.50. The van der Waals surface area contributed by atoms with Gasteiger partial charge in [-0.2, -0.15) is 0 Å². The van der Waals surface area contributed by atoms with Crippen LogP contribution >= 0.6 is 0 Å². The van der Waals surface area contributed by atoms with E-state index in [-0.39, 0.29) is 0 Å². The first-order valence-corrected chi connectivity index (χ1v) is 6.16. The van der Waals surface area contributed by atoms with Gasteiger partial charge in [0.2, 0.25) is 0 Å². The molecule has 0 heterocycles. The average molecular weight is 238 g/mol. The van der Waals surface area contributed by atoms with Gasteiger partial charge in [0.15, 0.2) is 0 Å². The smallest absolute Gasteiger partial charge is 0.267 e. The van der Waals surface area contributed by atoms with Gasteiger partial charge in [-0.05, 0) is 35.2 Å². The van der Waals surface area contributed by atoms with Crippen molar-refractivity contribution in [3.8, 4) is 11.1 Å². The van der Waals surface area contributed by atoms with Crippen LogP contribution in [-0.4, -0.2) is 5.91 Å². The van der Waals surface area contributed by atoms with Crippen molar-refractivity contribution < 1.29 is 4.79 Å². The second-order valence-corrected chi connectivity index (χ2v) is 4.32. The van der Waals surface area contributed by atoms with Crippen LogP contribution < -0.4 is 5.73 Å². The van der Waals surface area contributed by atoms with Crippen molar-refractivity contribution in [2.75, 3.05) is 0 Å². The Morgan fingerprint density at radius 2 is 1.83 bits per heavy atom. The van der Waals surface area contributed by atoms with Crippen LogP contribution in [0.15, 0.2) is 48.5 Å². The van der Waals surface area contributed by atoms with Crippen molar-refractivity contribution in [2.24, 2.45) is 0 Å². The molecule has 0 saturated carbocycles. The fourth-order valence-corrected chi connectivity index (χ4v) is 2.11. The van der Waals surface area contributed by atoms with Gasteiger partial charge in [0.05, 0.1) is 0 Å². The highest BCUT2D eigenvalue weighted by Crippen LogP contribution is 2.25. The van der Waals surface area contributed by atoms with Crippen LogP contribution in [0.25, 0.3) is 11.1 Å². The van der Waals surface area contributed by atoms with Crippen LogP contribution in [0.4, 0.5) is 0 Å². The maximum absolute atomic E-state index is 11.1. The minimum Gasteiger partial charge on any atom is -0.267 e. The van der Waals surface area contributed by atoms with Gasteiger partial charge in [0.25, 0.3) is 5.91 Å². The number of benzene rings is 2. The Morgan fingerprint density at radius 3 is 2.44 bits per heavy atom. The second kappa shape index (κ2) is 5.50. The predicted molar refractivity (Wildman–Crippen MR) is 73.3 cm³/mol. The Kier molecular flexibility index (Phi) is 3.78. The number of rotatable bonds is 4. The van der Waals surface area contributed by atoms with Crippen molar-refractivity contribution in [3.05, 3.63) is 59.7 Å². The van der Waals surface area contributed by atoms with Crippen LogP contribution in [0.2, 0.25) is 0 Å².